The third kappa shape index (κ3) is 3.02. The van der Waals surface area contributed by atoms with Crippen molar-refractivity contribution in [2.45, 2.75) is 12.3 Å². The van der Waals surface area contributed by atoms with Gasteiger partial charge in [-0.05, 0) is 48.4 Å². The second-order valence-electron chi connectivity index (χ2n) is 4.39. The molecule has 0 fully saturated rings. The average Bonchev–Trinajstić information content (AvgIpc) is 2.39. The molecule has 0 spiro atoms. The molecule has 2 aromatic rings. The Kier molecular flexibility index (Phi) is 3.85. The van der Waals surface area contributed by atoms with E-state index in [1.54, 1.807) is 24.3 Å². The minimum atomic E-state index is 0.218. The molecule has 0 aliphatic rings. The minimum Gasteiger partial charge on any atom is -0.508 e. The van der Waals surface area contributed by atoms with Gasteiger partial charge < -0.3 is 15.9 Å². The lowest BCUT2D eigenvalue weighted by molar-refractivity contribution is 0.474. The molecule has 0 bridgehead atoms. The van der Waals surface area contributed by atoms with Crippen LogP contribution in [0.15, 0.2) is 48.5 Å². The molecule has 3 nitrogen and oxygen atoms in total. The summed E-state index contributed by atoms with van der Waals surface area (Å²) in [5, 5.41) is 18.5. The van der Waals surface area contributed by atoms with Crippen LogP contribution < -0.4 is 5.73 Å². The molecule has 3 heteroatoms. The number of phenolic OH excluding ortho intramolecular Hbond substituents is 2. The van der Waals surface area contributed by atoms with Crippen molar-refractivity contribution in [2.75, 3.05) is 6.54 Å². The van der Waals surface area contributed by atoms with Crippen LogP contribution in [0.4, 0.5) is 0 Å². The fourth-order valence-electron chi connectivity index (χ4n) is 2.00. The lowest BCUT2D eigenvalue weighted by Gasteiger charge is -2.15. The van der Waals surface area contributed by atoms with E-state index in [0.29, 0.717) is 6.54 Å². The number of hydrogen-bond acceptors (Lipinski definition) is 3. The summed E-state index contributed by atoms with van der Waals surface area (Å²) < 4.78 is 0. The second kappa shape index (κ2) is 5.56. The van der Waals surface area contributed by atoms with Gasteiger partial charge in [-0.15, -0.1) is 0 Å². The summed E-state index contributed by atoms with van der Waals surface area (Å²) in [6.07, 6.45) is 0.821. The third-order valence-corrected chi connectivity index (χ3v) is 3.07. The van der Waals surface area contributed by atoms with E-state index in [1.807, 2.05) is 24.3 Å². The van der Waals surface area contributed by atoms with Gasteiger partial charge in [-0.2, -0.15) is 0 Å². The summed E-state index contributed by atoms with van der Waals surface area (Å²) >= 11 is 0. The molecule has 0 radical (unpaired) electrons. The Bertz CT molecular complexity index is 491. The van der Waals surface area contributed by atoms with Gasteiger partial charge in [0, 0.05) is 5.92 Å². The van der Waals surface area contributed by atoms with E-state index in [2.05, 4.69) is 0 Å². The van der Waals surface area contributed by atoms with E-state index in [1.165, 1.54) is 0 Å². The largest absolute Gasteiger partial charge is 0.508 e. The zero-order valence-electron chi connectivity index (χ0n) is 10.1. The topological polar surface area (TPSA) is 66.5 Å². The summed E-state index contributed by atoms with van der Waals surface area (Å²) in [7, 11) is 0. The van der Waals surface area contributed by atoms with Gasteiger partial charge in [-0.1, -0.05) is 24.3 Å². The van der Waals surface area contributed by atoms with Crippen molar-refractivity contribution in [3.05, 3.63) is 59.7 Å². The number of hydrogen-bond donors (Lipinski definition) is 3. The summed E-state index contributed by atoms with van der Waals surface area (Å²) in [6, 6.07) is 14.3. The average molecular weight is 243 g/mol. The molecule has 0 amide bonds. The maximum atomic E-state index is 9.27. The highest BCUT2D eigenvalue weighted by molar-refractivity contribution is 5.31. The van der Waals surface area contributed by atoms with Gasteiger partial charge in [0.15, 0.2) is 0 Å². The Morgan fingerprint density at radius 1 is 0.833 bits per heavy atom. The van der Waals surface area contributed by atoms with Crippen molar-refractivity contribution in [1.29, 1.82) is 0 Å². The van der Waals surface area contributed by atoms with Gasteiger partial charge in [-0.3, -0.25) is 0 Å². The monoisotopic (exact) mass is 243 g/mol. The molecule has 0 unspecified atom stereocenters. The van der Waals surface area contributed by atoms with E-state index < -0.39 is 0 Å². The molecule has 0 saturated carbocycles. The van der Waals surface area contributed by atoms with Crippen molar-refractivity contribution in [2.24, 2.45) is 5.73 Å². The first-order chi connectivity index (χ1) is 8.69. The molecule has 4 N–H and O–H groups in total. The first kappa shape index (κ1) is 12.5. The Morgan fingerprint density at radius 3 is 1.83 bits per heavy atom. The summed E-state index contributed by atoms with van der Waals surface area (Å²) in [4.78, 5) is 0. The van der Waals surface area contributed by atoms with Crippen molar-refractivity contribution < 1.29 is 10.2 Å². The second-order valence-corrected chi connectivity index (χ2v) is 4.39. The highest BCUT2D eigenvalue weighted by Crippen LogP contribution is 2.23. The van der Waals surface area contributed by atoms with Crippen LogP contribution in [-0.2, 0) is 6.42 Å². The maximum Gasteiger partial charge on any atom is 0.115 e. The third-order valence-electron chi connectivity index (χ3n) is 3.07. The predicted molar refractivity (Wildman–Crippen MR) is 71.7 cm³/mol. The first-order valence-corrected chi connectivity index (χ1v) is 5.96. The zero-order chi connectivity index (χ0) is 13.0. The maximum absolute atomic E-state index is 9.27. The van der Waals surface area contributed by atoms with Crippen molar-refractivity contribution >= 4 is 0 Å². The van der Waals surface area contributed by atoms with E-state index in [9.17, 15) is 10.2 Å². The van der Waals surface area contributed by atoms with Gasteiger partial charge in [0.25, 0.3) is 0 Å². The van der Waals surface area contributed by atoms with E-state index in [4.69, 9.17) is 5.73 Å². The van der Waals surface area contributed by atoms with Crippen LogP contribution in [0.25, 0.3) is 0 Å². The van der Waals surface area contributed by atoms with E-state index in [0.717, 1.165) is 17.5 Å². The molecule has 1 atom stereocenters. The van der Waals surface area contributed by atoms with Crippen LogP contribution in [0, 0.1) is 0 Å². The van der Waals surface area contributed by atoms with Gasteiger partial charge >= 0.3 is 0 Å². The fraction of sp³-hybridized carbons (Fsp3) is 0.200. The molecule has 0 heterocycles. The van der Waals surface area contributed by atoms with Crippen molar-refractivity contribution in [3.8, 4) is 11.5 Å². The van der Waals surface area contributed by atoms with Gasteiger partial charge in [-0.25, -0.2) is 0 Å². The van der Waals surface area contributed by atoms with Crippen LogP contribution in [-0.4, -0.2) is 16.8 Å². The predicted octanol–water partition coefficient (Wildman–Crippen LogP) is 2.38. The molecular weight excluding hydrogens is 226 g/mol. The number of aromatic hydroxyl groups is 2. The quantitative estimate of drug-likeness (QED) is 0.772. The number of nitrogens with two attached hydrogens (primary N) is 1. The van der Waals surface area contributed by atoms with Gasteiger partial charge in [0.2, 0.25) is 0 Å². The molecule has 18 heavy (non-hydrogen) atoms. The molecule has 94 valence electrons. The lowest BCUT2D eigenvalue weighted by Crippen LogP contribution is -2.14. The number of phenols is 2. The Morgan fingerprint density at radius 2 is 1.33 bits per heavy atom. The summed E-state index contributed by atoms with van der Waals surface area (Å²) in [6.45, 7) is 0.547. The molecular formula is C15H17NO2. The first-order valence-electron chi connectivity index (χ1n) is 5.96. The molecule has 0 aliphatic carbocycles. The van der Waals surface area contributed by atoms with Crippen LogP contribution in [0.1, 0.15) is 17.0 Å². The molecule has 2 rings (SSSR count). The Hall–Kier alpha value is -2.00. The standard InChI is InChI=1S/C15H17NO2/c16-10-13(12-3-7-15(18)8-4-12)9-11-1-5-14(17)6-2-11/h1-8,13,17-18H,9-10,16H2/t13-/m1/s1. The molecule has 2 aromatic carbocycles. The summed E-state index contributed by atoms with van der Waals surface area (Å²) in [5.74, 6) is 0.752. The zero-order valence-corrected chi connectivity index (χ0v) is 10.1. The van der Waals surface area contributed by atoms with Gasteiger partial charge in [0.05, 0.1) is 0 Å². The highest BCUT2D eigenvalue weighted by Gasteiger charge is 2.10. The minimum absolute atomic E-state index is 0.218. The SMILES string of the molecule is NC[C@@H](Cc1ccc(O)cc1)c1ccc(O)cc1. The van der Waals surface area contributed by atoms with E-state index >= 15 is 0 Å². The number of rotatable bonds is 4. The Labute approximate surface area is 107 Å². The fourth-order valence-corrected chi connectivity index (χ4v) is 2.00. The van der Waals surface area contributed by atoms with Crippen molar-refractivity contribution in [1.82, 2.24) is 0 Å². The lowest BCUT2D eigenvalue weighted by atomic mass is 9.92. The van der Waals surface area contributed by atoms with Crippen molar-refractivity contribution in [3.63, 3.8) is 0 Å². The van der Waals surface area contributed by atoms with E-state index in [-0.39, 0.29) is 17.4 Å². The molecule has 0 saturated heterocycles. The van der Waals surface area contributed by atoms with Crippen LogP contribution in [0.2, 0.25) is 0 Å². The van der Waals surface area contributed by atoms with Crippen LogP contribution >= 0.6 is 0 Å². The normalized spacial score (nSPS) is 12.3. The van der Waals surface area contributed by atoms with Crippen LogP contribution in [0.5, 0.6) is 11.5 Å². The molecule has 0 aromatic heterocycles. The van der Waals surface area contributed by atoms with Crippen LogP contribution in [0.3, 0.4) is 0 Å². The highest BCUT2D eigenvalue weighted by atomic mass is 16.3. The smallest absolute Gasteiger partial charge is 0.115 e. The number of benzene rings is 2. The summed E-state index contributed by atoms with van der Waals surface area (Å²) in [5.41, 5.74) is 8.06. The molecule has 0 aliphatic heterocycles. The Balaban J connectivity index is 2.14. The van der Waals surface area contributed by atoms with Gasteiger partial charge in [0.1, 0.15) is 11.5 Å².